The van der Waals surface area contributed by atoms with Crippen molar-refractivity contribution in [2.45, 2.75) is 20.4 Å². The van der Waals surface area contributed by atoms with Gasteiger partial charge in [0.15, 0.2) is 5.82 Å². The number of likely N-dealkylation sites (N-methyl/N-ethyl adjacent to an activating group) is 1. The summed E-state index contributed by atoms with van der Waals surface area (Å²) in [6.07, 6.45) is 1.85. The first-order valence-corrected chi connectivity index (χ1v) is 11.4. The number of aromatic nitrogens is 2. The molecule has 2 heterocycles. The van der Waals surface area contributed by atoms with Crippen LogP contribution in [0.2, 0.25) is 10.0 Å². The highest BCUT2D eigenvalue weighted by Gasteiger charge is 2.16. The number of benzene rings is 2. The molecule has 0 unspecified atom stereocenters. The molecule has 2 aromatic carbocycles. The largest absolute Gasteiger partial charge is 0.369 e. The number of hydrogen-bond acceptors (Lipinski definition) is 5. The van der Waals surface area contributed by atoms with E-state index in [1.54, 1.807) is 6.07 Å². The Morgan fingerprint density at radius 3 is 2.42 bits per heavy atom. The lowest BCUT2D eigenvalue weighted by Crippen LogP contribution is -2.46. The average Bonchev–Trinajstić information content (AvgIpc) is 2.80. The Morgan fingerprint density at radius 1 is 1.00 bits per heavy atom. The fraction of sp³-hybridized carbons (Fsp3) is 0.333. The molecule has 0 spiro atoms. The normalized spacial score (nSPS) is 14.6. The minimum atomic E-state index is 0.565. The second kappa shape index (κ2) is 9.86. The number of rotatable bonds is 6. The summed E-state index contributed by atoms with van der Waals surface area (Å²) in [4.78, 5) is 14.2. The van der Waals surface area contributed by atoms with Crippen LogP contribution in [0, 0.1) is 6.92 Å². The maximum atomic E-state index is 6.29. The van der Waals surface area contributed by atoms with Crippen LogP contribution in [0.4, 0.5) is 11.5 Å². The minimum Gasteiger partial charge on any atom is -0.369 e. The van der Waals surface area contributed by atoms with Crippen LogP contribution in [-0.2, 0) is 6.54 Å². The molecular formula is C24H27Cl2N5. The van der Waals surface area contributed by atoms with Gasteiger partial charge in [-0.2, -0.15) is 0 Å². The van der Waals surface area contributed by atoms with Gasteiger partial charge in [-0.3, -0.25) is 0 Å². The van der Waals surface area contributed by atoms with Gasteiger partial charge in [-0.05, 0) is 55.4 Å². The third kappa shape index (κ3) is 5.29. The van der Waals surface area contributed by atoms with Crippen LogP contribution >= 0.6 is 23.2 Å². The number of hydrogen-bond donors (Lipinski definition) is 1. The Morgan fingerprint density at radius 2 is 1.74 bits per heavy atom. The van der Waals surface area contributed by atoms with Gasteiger partial charge in [0.25, 0.3) is 0 Å². The van der Waals surface area contributed by atoms with Gasteiger partial charge in [0.1, 0.15) is 5.82 Å². The van der Waals surface area contributed by atoms with Gasteiger partial charge in [-0.25, -0.2) is 9.97 Å². The molecule has 4 rings (SSSR count). The van der Waals surface area contributed by atoms with Gasteiger partial charge in [0, 0.05) is 65.8 Å². The third-order valence-electron chi connectivity index (χ3n) is 5.74. The summed E-state index contributed by atoms with van der Waals surface area (Å²) in [7, 11) is 0. The van der Waals surface area contributed by atoms with Crippen LogP contribution in [0.3, 0.4) is 0 Å². The van der Waals surface area contributed by atoms with E-state index in [0.29, 0.717) is 22.4 Å². The second-order valence-electron chi connectivity index (χ2n) is 7.78. The molecule has 1 aliphatic rings. The molecule has 0 aliphatic carbocycles. The molecule has 0 bridgehead atoms. The van der Waals surface area contributed by atoms with Crippen molar-refractivity contribution in [3.05, 3.63) is 69.8 Å². The van der Waals surface area contributed by atoms with Crippen molar-refractivity contribution < 1.29 is 0 Å². The van der Waals surface area contributed by atoms with E-state index in [4.69, 9.17) is 28.2 Å². The van der Waals surface area contributed by atoms with Crippen LogP contribution in [-0.4, -0.2) is 47.6 Å². The Bertz CT molecular complexity index is 1030. The molecule has 0 saturated carbocycles. The first-order valence-electron chi connectivity index (χ1n) is 10.6. The molecule has 0 atom stereocenters. The number of nitrogens with one attached hydrogen (secondary N) is 1. The Kier molecular flexibility index (Phi) is 6.96. The monoisotopic (exact) mass is 455 g/mol. The SMILES string of the molecule is CCN1CCN(c2ccc(-c3ncc(C)c(NCc4ccc(Cl)cc4Cl)n3)cc2)CC1. The Labute approximate surface area is 194 Å². The summed E-state index contributed by atoms with van der Waals surface area (Å²) >= 11 is 12.3. The molecule has 1 fully saturated rings. The smallest absolute Gasteiger partial charge is 0.161 e. The van der Waals surface area contributed by atoms with Gasteiger partial charge < -0.3 is 15.1 Å². The van der Waals surface area contributed by atoms with Crippen LogP contribution < -0.4 is 10.2 Å². The topological polar surface area (TPSA) is 44.3 Å². The summed E-state index contributed by atoms with van der Waals surface area (Å²) in [6.45, 7) is 10.3. The van der Waals surface area contributed by atoms with Crippen LogP contribution in [0.15, 0.2) is 48.7 Å². The molecule has 31 heavy (non-hydrogen) atoms. The molecule has 1 saturated heterocycles. The zero-order chi connectivity index (χ0) is 21.8. The van der Waals surface area contributed by atoms with Crippen molar-refractivity contribution in [1.29, 1.82) is 0 Å². The molecule has 1 aliphatic heterocycles. The van der Waals surface area contributed by atoms with E-state index in [9.17, 15) is 0 Å². The highest BCUT2D eigenvalue weighted by atomic mass is 35.5. The van der Waals surface area contributed by atoms with Crippen molar-refractivity contribution in [1.82, 2.24) is 14.9 Å². The average molecular weight is 456 g/mol. The number of piperazine rings is 1. The van der Waals surface area contributed by atoms with Crippen molar-refractivity contribution in [2.75, 3.05) is 42.9 Å². The van der Waals surface area contributed by atoms with Crippen LogP contribution in [0.25, 0.3) is 11.4 Å². The standard InChI is InChI=1S/C24H27Cl2N5/c1-3-30-10-12-31(13-11-30)21-8-5-18(6-9-21)24-27-15-17(2)23(29-24)28-16-19-4-7-20(25)14-22(19)26/h4-9,14-15H,3,10-13,16H2,1-2H3,(H,27,28,29). The second-order valence-corrected chi connectivity index (χ2v) is 8.63. The molecule has 1 N–H and O–H groups in total. The molecule has 0 radical (unpaired) electrons. The summed E-state index contributed by atoms with van der Waals surface area (Å²) in [5, 5.41) is 4.65. The quantitative estimate of drug-likeness (QED) is 0.530. The zero-order valence-electron chi connectivity index (χ0n) is 17.9. The lowest BCUT2D eigenvalue weighted by Gasteiger charge is -2.35. The lowest BCUT2D eigenvalue weighted by atomic mass is 10.1. The summed E-state index contributed by atoms with van der Waals surface area (Å²) in [5.74, 6) is 1.51. The highest BCUT2D eigenvalue weighted by molar-refractivity contribution is 6.35. The van der Waals surface area contributed by atoms with Gasteiger partial charge >= 0.3 is 0 Å². The fourth-order valence-electron chi connectivity index (χ4n) is 3.75. The highest BCUT2D eigenvalue weighted by Crippen LogP contribution is 2.25. The molecule has 0 amide bonds. The number of nitrogens with zero attached hydrogens (tertiary/aromatic N) is 4. The third-order valence-corrected chi connectivity index (χ3v) is 6.33. The first-order chi connectivity index (χ1) is 15.0. The number of anilines is 2. The number of aryl methyl sites for hydroxylation is 1. The maximum absolute atomic E-state index is 6.29. The van der Waals surface area contributed by atoms with Crippen molar-refractivity contribution in [3.63, 3.8) is 0 Å². The minimum absolute atomic E-state index is 0.565. The van der Waals surface area contributed by atoms with Gasteiger partial charge in [0.2, 0.25) is 0 Å². The van der Waals surface area contributed by atoms with E-state index in [2.05, 4.69) is 51.3 Å². The van der Waals surface area contributed by atoms with E-state index in [1.165, 1.54) is 5.69 Å². The van der Waals surface area contributed by atoms with E-state index in [1.807, 2.05) is 25.3 Å². The Balaban J connectivity index is 1.46. The number of halogens is 2. The fourth-order valence-corrected chi connectivity index (χ4v) is 4.22. The lowest BCUT2D eigenvalue weighted by molar-refractivity contribution is 0.271. The van der Waals surface area contributed by atoms with Crippen molar-refractivity contribution >= 4 is 34.7 Å². The molecule has 1 aromatic heterocycles. The van der Waals surface area contributed by atoms with E-state index in [-0.39, 0.29) is 0 Å². The predicted octanol–water partition coefficient (Wildman–Crippen LogP) is 5.51. The summed E-state index contributed by atoms with van der Waals surface area (Å²) in [6, 6.07) is 14.1. The van der Waals surface area contributed by atoms with Crippen molar-refractivity contribution in [2.24, 2.45) is 0 Å². The van der Waals surface area contributed by atoms with E-state index in [0.717, 1.165) is 55.2 Å². The maximum Gasteiger partial charge on any atom is 0.161 e. The molecule has 3 aromatic rings. The van der Waals surface area contributed by atoms with Crippen LogP contribution in [0.5, 0.6) is 0 Å². The molecular weight excluding hydrogens is 429 g/mol. The predicted molar refractivity (Wildman–Crippen MR) is 130 cm³/mol. The molecule has 7 heteroatoms. The van der Waals surface area contributed by atoms with Gasteiger partial charge in [-0.15, -0.1) is 0 Å². The molecule has 5 nitrogen and oxygen atoms in total. The van der Waals surface area contributed by atoms with E-state index < -0.39 is 0 Å². The van der Waals surface area contributed by atoms with Crippen LogP contribution in [0.1, 0.15) is 18.1 Å². The summed E-state index contributed by atoms with van der Waals surface area (Å²) < 4.78 is 0. The van der Waals surface area contributed by atoms with E-state index >= 15 is 0 Å². The van der Waals surface area contributed by atoms with Gasteiger partial charge in [0.05, 0.1) is 0 Å². The van der Waals surface area contributed by atoms with Gasteiger partial charge in [-0.1, -0.05) is 36.2 Å². The zero-order valence-corrected chi connectivity index (χ0v) is 19.4. The summed E-state index contributed by atoms with van der Waals surface area (Å²) in [5.41, 5.74) is 4.21. The Hall–Kier alpha value is -2.34. The van der Waals surface area contributed by atoms with Crippen molar-refractivity contribution in [3.8, 4) is 11.4 Å². The first kappa shape index (κ1) is 21.9. The molecule has 162 valence electrons.